The van der Waals surface area contributed by atoms with Crippen LogP contribution in [0.15, 0.2) is 35.3 Å². The van der Waals surface area contributed by atoms with Crippen LogP contribution in [0, 0.1) is 0 Å². The molecule has 0 aromatic heterocycles. The fourth-order valence-corrected chi connectivity index (χ4v) is 1.74. The number of carbonyl (C=O) groups is 2. The molecule has 1 rings (SSSR count). The second kappa shape index (κ2) is 6.80. The van der Waals surface area contributed by atoms with Crippen molar-refractivity contribution in [2.24, 2.45) is 0 Å². The molecule has 6 heteroatoms. The number of benzene rings is 1. The number of rotatable bonds is 5. The third-order valence-corrected chi connectivity index (χ3v) is 2.49. The number of hydrogen-bond acceptors (Lipinski definition) is 2. The summed E-state index contributed by atoms with van der Waals surface area (Å²) in [4.78, 5) is 22.3. The average molecular weight is 313 g/mol. The second-order valence-electron chi connectivity index (χ2n) is 3.49. The van der Waals surface area contributed by atoms with E-state index in [9.17, 15) is 9.59 Å². The van der Waals surface area contributed by atoms with Crippen LogP contribution in [-0.2, 0) is 0 Å². The standard InChI is InChI=1S/C12H13BrN2O3/c1-2-3-4-14-12(18)15-10-6-8(11(16)17)5-9(13)7-10/h2,5-7H,1,3-4H2,(H,16,17)(H2,14,15,18). The maximum absolute atomic E-state index is 11.5. The Kier molecular flexibility index (Phi) is 5.38. The van der Waals surface area contributed by atoms with Crippen molar-refractivity contribution in [1.82, 2.24) is 5.32 Å². The van der Waals surface area contributed by atoms with Crippen molar-refractivity contribution < 1.29 is 14.7 Å². The smallest absolute Gasteiger partial charge is 0.335 e. The predicted octanol–water partition coefficient (Wildman–Crippen LogP) is 2.84. The van der Waals surface area contributed by atoms with Gasteiger partial charge in [0, 0.05) is 16.7 Å². The summed E-state index contributed by atoms with van der Waals surface area (Å²) in [7, 11) is 0. The van der Waals surface area contributed by atoms with Crippen LogP contribution in [0.5, 0.6) is 0 Å². The number of aromatic carboxylic acids is 1. The molecule has 0 fully saturated rings. The summed E-state index contributed by atoms with van der Waals surface area (Å²) in [5.74, 6) is -1.05. The van der Waals surface area contributed by atoms with Gasteiger partial charge in [0.1, 0.15) is 0 Å². The Morgan fingerprint density at radius 1 is 1.39 bits per heavy atom. The molecule has 96 valence electrons. The summed E-state index contributed by atoms with van der Waals surface area (Å²) in [6, 6.07) is 4.09. The molecular formula is C12H13BrN2O3. The Bertz CT molecular complexity index is 474. The fraction of sp³-hybridized carbons (Fsp3) is 0.167. The second-order valence-corrected chi connectivity index (χ2v) is 4.41. The van der Waals surface area contributed by atoms with Crippen molar-refractivity contribution in [1.29, 1.82) is 0 Å². The topological polar surface area (TPSA) is 78.4 Å². The maximum atomic E-state index is 11.5. The average Bonchev–Trinajstić information content (AvgIpc) is 2.28. The van der Waals surface area contributed by atoms with Gasteiger partial charge in [0.2, 0.25) is 0 Å². The minimum Gasteiger partial charge on any atom is -0.478 e. The Hall–Kier alpha value is -1.82. The molecule has 0 saturated heterocycles. The quantitative estimate of drug-likeness (QED) is 0.578. The third kappa shape index (κ3) is 4.58. The first-order chi connectivity index (χ1) is 8.52. The van der Waals surface area contributed by atoms with Gasteiger partial charge in [-0.05, 0) is 24.6 Å². The van der Waals surface area contributed by atoms with Crippen LogP contribution in [0.25, 0.3) is 0 Å². The highest BCUT2D eigenvalue weighted by molar-refractivity contribution is 9.10. The summed E-state index contributed by atoms with van der Waals surface area (Å²) in [6.45, 7) is 4.02. The van der Waals surface area contributed by atoms with Gasteiger partial charge < -0.3 is 15.7 Å². The SMILES string of the molecule is C=CCCNC(=O)Nc1cc(Br)cc(C(=O)O)c1. The highest BCUT2D eigenvalue weighted by atomic mass is 79.9. The zero-order valence-electron chi connectivity index (χ0n) is 9.57. The molecule has 2 amide bonds. The van der Waals surface area contributed by atoms with Crippen molar-refractivity contribution in [2.45, 2.75) is 6.42 Å². The molecule has 1 aromatic carbocycles. The lowest BCUT2D eigenvalue weighted by molar-refractivity contribution is 0.0697. The summed E-state index contributed by atoms with van der Waals surface area (Å²) in [5.41, 5.74) is 0.517. The molecule has 0 aliphatic carbocycles. The highest BCUT2D eigenvalue weighted by Gasteiger charge is 2.07. The van der Waals surface area contributed by atoms with E-state index < -0.39 is 5.97 Å². The molecule has 0 unspecified atom stereocenters. The van der Waals surface area contributed by atoms with Crippen molar-refractivity contribution in [2.75, 3.05) is 11.9 Å². The van der Waals surface area contributed by atoms with E-state index in [0.29, 0.717) is 23.1 Å². The molecule has 18 heavy (non-hydrogen) atoms. The lowest BCUT2D eigenvalue weighted by Gasteiger charge is -2.08. The largest absolute Gasteiger partial charge is 0.478 e. The number of nitrogens with one attached hydrogen (secondary N) is 2. The van der Waals surface area contributed by atoms with Crippen LogP contribution < -0.4 is 10.6 Å². The first-order valence-electron chi connectivity index (χ1n) is 5.22. The lowest BCUT2D eigenvalue weighted by atomic mass is 10.2. The van der Waals surface area contributed by atoms with Crippen molar-refractivity contribution in [3.63, 3.8) is 0 Å². The number of carbonyl (C=O) groups excluding carboxylic acids is 1. The fourth-order valence-electron chi connectivity index (χ4n) is 1.25. The molecule has 0 saturated carbocycles. The Balaban J connectivity index is 2.69. The van der Waals surface area contributed by atoms with Gasteiger partial charge in [0.05, 0.1) is 5.56 Å². The van der Waals surface area contributed by atoms with Gasteiger partial charge in [-0.25, -0.2) is 9.59 Å². The highest BCUT2D eigenvalue weighted by Crippen LogP contribution is 2.19. The van der Waals surface area contributed by atoms with Crippen LogP contribution >= 0.6 is 15.9 Å². The Labute approximate surface area is 113 Å². The molecule has 0 heterocycles. The summed E-state index contributed by atoms with van der Waals surface area (Å²) >= 11 is 3.19. The van der Waals surface area contributed by atoms with Gasteiger partial charge >= 0.3 is 12.0 Å². The Morgan fingerprint density at radius 3 is 2.72 bits per heavy atom. The monoisotopic (exact) mass is 312 g/mol. The minimum atomic E-state index is -1.05. The molecule has 0 spiro atoms. The van der Waals surface area contributed by atoms with Gasteiger partial charge in [-0.3, -0.25) is 0 Å². The van der Waals surface area contributed by atoms with E-state index >= 15 is 0 Å². The van der Waals surface area contributed by atoms with Gasteiger partial charge in [0.15, 0.2) is 0 Å². The summed E-state index contributed by atoms with van der Waals surface area (Å²) in [5, 5.41) is 14.1. The first-order valence-corrected chi connectivity index (χ1v) is 6.02. The van der Waals surface area contributed by atoms with E-state index in [2.05, 4.69) is 33.1 Å². The van der Waals surface area contributed by atoms with Crippen molar-refractivity contribution in [3.8, 4) is 0 Å². The van der Waals surface area contributed by atoms with E-state index in [4.69, 9.17) is 5.11 Å². The van der Waals surface area contributed by atoms with Crippen LogP contribution in [-0.4, -0.2) is 23.7 Å². The molecule has 0 aliphatic rings. The number of urea groups is 1. The molecule has 0 aliphatic heterocycles. The number of carboxylic acids is 1. The van der Waals surface area contributed by atoms with E-state index in [1.165, 1.54) is 12.1 Å². The van der Waals surface area contributed by atoms with Crippen molar-refractivity contribution in [3.05, 3.63) is 40.9 Å². The van der Waals surface area contributed by atoms with Gasteiger partial charge in [-0.2, -0.15) is 0 Å². The lowest BCUT2D eigenvalue weighted by Crippen LogP contribution is -2.29. The van der Waals surface area contributed by atoms with Crippen LogP contribution in [0.2, 0.25) is 0 Å². The number of halogens is 1. The number of carboxylic acid groups (broad SMARTS) is 1. The number of amides is 2. The normalized spacial score (nSPS) is 9.61. The van der Waals surface area contributed by atoms with Gasteiger partial charge in [0.25, 0.3) is 0 Å². The van der Waals surface area contributed by atoms with Gasteiger partial charge in [-0.15, -0.1) is 6.58 Å². The van der Waals surface area contributed by atoms with Crippen molar-refractivity contribution >= 4 is 33.6 Å². The predicted molar refractivity (Wildman–Crippen MR) is 72.9 cm³/mol. The minimum absolute atomic E-state index is 0.103. The van der Waals surface area contributed by atoms with E-state index in [1.54, 1.807) is 12.1 Å². The zero-order valence-corrected chi connectivity index (χ0v) is 11.2. The molecule has 5 nitrogen and oxygen atoms in total. The molecular weight excluding hydrogens is 300 g/mol. The summed E-state index contributed by atoms with van der Waals surface area (Å²) in [6.07, 6.45) is 2.37. The molecule has 3 N–H and O–H groups in total. The van der Waals surface area contributed by atoms with Crippen LogP contribution in [0.3, 0.4) is 0 Å². The van der Waals surface area contributed by atoms with Gasteiger partial charge in [-0.1, -0.05) is 22.0 Å². The molecule has 0 bridgehead atoms. The van der Waals surface area contributed by atoms with Crippen LogP contribution in [0.1, 0.15) is 16.8 Å². The van der Waals surface area contributed by atoms with E-state index in [0.717, 1.165) is 0 Å². The zero-order chi connectivity index (χ0) is 13.5. The number of hydrogen-bond donors (Lipinski definition) is 3. The third-order valence-electron chi connectivity index (χ3n) is 2.04. The Morgan fingerprint density at radius 2 is 2.11 bits per heavy atom. The number of anilines is 1. The van der Waals surface area contributed by atoms with E-state index in [-0.39, 0.29) is 11.6 Å². The summed E-state index contributed by atoms with van der Waals surface area (Å²) < 4.78 is 0.587. The molecule has 0 atom stereocenters. The maximum Gasteiger partial charge on any atom is 0.335 e. The molecule has 1 aromatic rings. The van der Waals surface area contributed by atoms with Crippen LogP contribution in [0.4, 0.5) is 10.5 Å². The first kappa shape index (κ1) is 14.2. The van der Waals surface area contributed by atoms with E-state index in [1.807, 2.05) is 0 Å². The molecule has 0 radical (unpaired) electrons.